The van der Waals surface area contributed by atoms with Crippen LogP contribution in [0.1, 0.15) is 37.7 Å². The average molecular weight is 401 g/mol. The standard InChI is InChI=1S/C25H28N4O/c1-16-9-11-19-20-12-10-17(2)26-24(20)30-23(19)22(16)28-14-15-29(18(28)3)25(4,5)21-8-7-13-27(21)6/h7-15,18H,1-6H3/t18-/m1/s1. The number of fused-ring (bicyclic) bond motifs is 3. The lowest BCUT2D eigenvalue weighted by Crippen LogP contribution is -2.47. The molecule has 0 N–H and O–H groups in total. The Labute approximate surface area is 177 Å². The molecule has 0 saturated heterocycles. The number of anilines is 1. The van der Waals surface area contributed by atoms with Crippen LogP contribution in [0, 0.1) is 13.8 Å². The minimum atomic E-state index is -0.155. The minimum absolute atomic E-state index is 0.141. The maximum Gasteiger partial charge on any atom is 0.227 e. The van der Waals surface area contributed by atoms with Gasteiger partial charge >= 0.3 is 0 Å². The summed E-state index contributed by atoms with van der Waals surface area (Å²) in [5, 5.41) is 2.17. The van der Waals surface area contributed by atoms with Crippen molar-refractivity contribution in [3.8, 4) is 0 Å². The number of nitrogens with zero attached hydrogens (tertiary/aromatic N) is 4. The van der Waals surface area contributed by atoms with Crippen molar-refractivity contribution in [1.29, 1.82) is 0 Å². The van der Waals surface area contributed by atoms with Gasteiger partial charge in [-0.05, 0) is 64.4 Å². The molecule has 1 aliphatic rings. The van der Waals surface area contributed by atoms with Crippen LogP contribution >= 0.6 is 0 Å². The summed E-state index contributed by atoms with van der Waals surface area (Å²) in [6.45, 7) is 10.9. The molecule has 4 aromatic rings. The van der Waals surface area contributed by atoms with E-state index in [-0.39, 0.29) is 11.7 Å². The van der Waals surface area contributed by atoms with Gasteiger partial charge in [-0.15, -0.1) is 0 Å². The second-order valence-electron chi connectivity index (χ2n) is 8.82. The molecule has 5 heteroatoms. The van der Waals surface area contributed by atoms with Crippen molar-refractivity contribution >= 4 is 27.8 Å². The number of benzene rings is 1. The summed E-state index contributed by atoms with van der Waals surface area (Å²) in [4.78, 5) is 9.34. The summed E-state index contributed by atoms with van der Waals surface area (Å²) in [6, 6.07) is 12.8. The van der Waals surface area contributed by atoms with Gasteiger partial charge in [-0.1, -0.05) is 12.1 Å². The van der Waals surface area contributed by atoms with Crippen LogP contribution in [0.25, 0.3) is 22.1 Å². The van der Waals surface area contributed by atoms with Crippen molar-refractivity contribution in [3.63, 3.8) is 0 Å². The summed E-state index contributed by atoms with van der Waals surface area (Å²) in [6.07, 6.45) is 6.61. The summed E-state index contributed by atoms with van der Waals surface area (Å²) >= 11 is 0. The van der Waals surface area contributed by atoms with E-state index in [4.69, 9.17) is 4.42 Å². The highest BCUT2D eigenvalue weighted by Crippen LogP contribution is 2.42. The van der Waals surface area contributed by atoms with Gasteiger partial charge in [0.2, 0.25) is 5.71 Å². The molecule has 0 fully saturated rings. The molecule has 0 aliphatic carbocycles. The number of aryl methyl sites for hydroxylation is 3. The fourth-order valence-corrected chi connectivity index (χ4v) is 4.89. The van der Waals surface area contributed by atoms with Crippen molar-refractivity contribution in [1.82, 2.24) is 14.5 Å². The van der Waals surface area contributed by atoms with E-state index < -0.39 is 0 Å². The molecule has 154 valence electrons. The van der Waals surface area contributed by atoms with E-state index in [2.05, 4.69) is 103 Å². The first-order valence-electron chi connectivity index (χ1n) is 10.5. The molecule has 4 heterocycles. The average Bonchev–Trinajstić information content (AvgIpc) is 3.38. The van der Waals surface area contributed by atoms with Crippen molar-refractivity contribution < 1.29 is 4.42 Å². The largest absolute Gasteiger partial charge is 0.435 e. The molecular weight excluding hydrogens is 372 g/mol. The van der Waals surface area contributed by atoms with E-state index in [9.17, 15) is 0 Å². The van der Waals surface area contributed by atoms with Gasteiger partial charge in [0.15, 0.2) is 5.58 Å². The molecule has 0 unspecified atom stereocenters. The van der Waals surface area contributed by atoms with Gasteiger partial charge in [0.25, 0.3) is 0 Å². The Bertz CT molecular complexity index is 1290. The molecule has 0 radical (unpaired) electrons. The third-order valence-electron chi connectivity index (χ3n) is 6.49. The highest BCUT2D eigenvalue weighted by Gasteiger charge is 2.38. The van der Waals surface area contributed by atoms with Crippen LogP contribution in [0.15, 0.2) is 59.4 Å². The molecule has 0 spiro atoms. The van der Waals surface area contributed by atoms with Gasteiger partial charge in [0.1, 0.15) is 6.17 Å². The van der Waals surface area contributed by atoms with Crippen molar-refractivity contribution in [2.75, 3.05) is 4.90 Å². The van der Waals surface area contributed by atoms with E-state index in [0.29, 0.717) is 5.71 Å². The molecule has 1 aromatic carbocycles. The first-order valence-corrected chi connectivity index (χ1v) is 10.5. The van der Waals surface area contributed by atoms with Crippen LogP contribution in [0.2, 0.25) is 0 Å². The zero-order valence-electron chi connectivity index (χ0n) is 18.5. The van der Waals surface area contributed by atoms with Gasteiger partial charge in [0, 0.05) is 47.8 Å². The van der Waals surface area contributed by atoms with Gasteiger partial charge < -0.3 is 18.8 Å². The Balaban J connectivity index is 1.61. The number of pyridine rings is 1. The van der Waals surface area contributed by atoms with Crippen LogP contribution in [0.3, 0.4) is 0 Å². The van der Waals surface area contributed by atoms with Crippen LogP contribution in [-0.4, -0.2) is 20.6 Å². The molecule has 1 aliphatic heterocycles. The van der Waals surface area contributed by atoms with Crippen LogP contribution in [0.5, 0.6) is 0 Å². The lowest BCUT2D eigenvalue weighted by atomic mass is 9.98. The molecule has 30 heavy (non-hydrogen) atoms. The number of aromatic nitrogens is 2. The second kappa shape index (κ2) is 6.39. The van der Waals surface area contributed by atoms with E-state index in [1.54, 1.807) is 0 Å². The quantitative estimate of drug-likeness (QED) is 0.435. The van der Waals surface area contributed by atoms with E-state index in [0.717, 1.165) is 27.7 Å². The van der Waals surface area contributed by atoms with Crippen LogP contribution in [-0.2, 0) is 12.6 Å². The fourth-order valence-electron chi connectivity index (χ4n) is 4.89. The normalized spacial score (nSPS) is 17.1. The van der Waals surface area contributed by atoms with Gasteiger partial charge in [-0.2, -0.15) is 0 Å². The number of rotatable bonds is 3. The van der Waals surface area contributed by atoms with Crippen LogP contribution in [0.4, 0.5) is 5.69 Å². The maximum absolute atomic E-state index is 6.31. The first kappa shape index (κ1) is 18.8. The van der Waals surface area contributed by atoms with E-state index >= 15 is 0 Å². The molecule has 3 aromatic heterocycles. The summed E-state index contributed by atoms with van der Waals surface area (Å²) in [5.74, 6) is 0. The SMILES string of the molecule is Cc1ccc2c(n1)oc1c(N3C=CN(C(C)(C)c4cccn4C)[C@@H]3C)c(C)ccc12. The smallest absolute Gasteiger partial charge is 0.227 e. The summed E-state index contributed by atoms with van der Waals surface area (Å²) in [7, 11) is 2.10. The topological polar surface area (TPSA) is 37.4 Å². The molecule has 0 saturated carbocycles. The van der Waals surface area contributed by atoms with Gasteiger partial charge in [-0.25, -0.2) is 4.98 Å². The van der Waals surface area contributed by atoms with Crippen molar-refractivity contribution in [2.24, 2.45) is 7.05 Å². The summed E-state index contributed by atoms with van der Waals surface area (Å²) in [5.41, 5.74) is 5.98. The number of hydrogen-bond acceptors (Lipinski definition) is 4. The zero-order valence-corrected chi connectivity index (χ0v) is 18.5. The molecule has 5 rings (SSSR count). The Kier molecular flexibility index (Phi) is 4.01. The zero-order chi connectivity index (χ0) is 21.2. The minimum Gasteiger partial charge on any atom is -0.435 e. The van der Waals surface area contributed by atoms with E-state index in [1.165, 1.54) is 11.3 Å². The second-order valence-corrected chi connectivity index (χ2v) is 8.82. The predicted octanol–water partition coefficient (Wildman–Crippen LogP) is 5.81. The third kappa shape index (κ3) is 2.58. The monoisotopic (exact) mass is 400 g/mol. The molecular formula is C25H28N4O. The number of hydrogen-bond donors (Lipinski definition) is 0. The van der Waals surface area contributed by atoms with Crippen LogP contribution < -0.4 is 4.90 Å². The Morgan fingerprint density at radius 3 is 2.50 bits per heavy atom. The molecule has 0 amide bonds. The highest BCUT2D eigenvalue weighted by molar-refractivity contribution is 6.08. The Morgan fingerprint density at radius 1 is 1.00 bits per heavy atom. The van der Waals surface area contributed by atoms with Gasteiger partial charge in [-0.3, -0.25) is 0 Å². The molecule has 1 atom stereocenters. The fraction of sp³-hybridized carbons (Fsp3) is 0.320. The number of furan rings is 1. The Morgan fingerprint density at radius 2 is 1.77 bits per heavy atom. The predicted molar refractivity (Wildman–Crippen MR) is 122 cm³/mol. The molecule has 0 bridgehead atoms. The van der Waals surface area contributed by atoms with Crippen molar-refractivity contribution in [3.05, 3.63) is 71.9 Å². The van der Waals surface area contributed by atoms with Crippen molar-refractivity contribution in [2.45, 2.75) is 46.3 Å². The molecule has 5 nitrogen and oxygen atoms in total. The first-order chi connectivity index (χ1) is 14.3. The maximum atomic E-state index is 6.31. The van der Waals surface area contributed by atoms with Gasteiger partial charge in [0.05, 0.1) is 11.2 Å². The Hall–Kier alpha value is -3.21. The lowest BCUT2D eigenvalue weighted by Gasteiger charge is -2.42. The van der Waals surface area contributed by atoms with E-state index in [1.807, 2.05) is 13.0 Å². The summed E-state index contributed by atoms with van der Waals surface area (Å²) < 4.78 is 8.51. The lowest BCUT2D eigenvalue weighted by molar-refractivity contribution is 0.145. The highest BCUT2D eigenvalue weighted by atomic mass is 16.3. The third-order valence-corrected chi connectivity index (χ3v) is 6.49.